The second-order valence-corrected chi connectivity index (χ2v) is 4.32. The summed E-state index contributed by atoms with van der Waals surface area (Å²) in [5, 5.41) is 3.27. The molecular formula is C13H20FNO. The van der Waals surface area contributed by atoms with Crippen LogP contribution in [0.5, 0.6) is 0 Å². The largest absolute Gasteiger partial charge is 0.377 e. The van der Waals surface area contributed by atoms with Gasteiger partial charge in [0, 0.05) is 12.7 Å². The van der Waals surface area contributed by atoms with Gasteiger partial charge in [0.25, 0.3) is 0 Å². The minimum Gasteiger partial charge on any atom is -0.377 e. The van der Waals surface area contributed by atoms with E-state index in [1.165, 1.54) is 6.07 Å². The van der Waals surface area contributed by atoms with Gasteiger partial charge >= 0.3 is 0 Å². The first-order valence-corrected chi connectivity index (χ1v) is 5.56. The molecule has 2 nitrogen and oxygen atoms in total. The Kier molecular flexibility index (Phi) is 4.44. The molecule has 0 heterocycles. The first-order chi connectivity index (χ1) is 7.53. The van der Waals surface area contributed by atoms with E-state index in [0.717, 1.165) is 6.54 Å². The Labute approximate surface area is 96.8 Å². The highest BCUT2D eigenvalue weighted by atomic mass is 19.1. The van der Waals surface area contributed by atoms with E-state index in [2.05, 4.69) is 5.32 Å². The van der Waals surface area contributed by atoms with Crippen LogP contribution in [0.25, 0.3) is 0 Å². The van der Waals surface area contributed by atoms with Crippen LogP contribution in [-0.2, 0) is 4.74 Å². The molecule has 1 unspecified atom stereocenters. The van der Waals surface area contributed by atoms with Gasteiger partial charge in [-0.3, -0.25) is 0 Å². The zero-order chi connectivity index (χ0) is 12.2. The van der Waals surface area contributed by atoms with Crippen molar-refractivity contribution in [3.63, 3.8) is 0 Å². The quantitative estimate of drug-likeness (QED) is 0.832. The SMILES string of the molecule is CCNC(c1ccccc1F)C(C)(C)OC. The Bertz CT molecular complexity index is 338. The maximum atomic E-state index is 13.7. The van der Waals surface area contributed by atoms with Crippen LogP contribution in [0, 0.1) is 5.82 Å². The normalized spacial score (nSPS) is 13.8. The van der Waals surface area contributed by atoms with E-state index >= 15 is 0 Å². The van der Waals surface area contributed by atoms with Crippen LogP contribution >= 0.6 is 0 Å². The predicted molar refractivity (Wildman–Crippen MR) is 63.9 cm³/mol. The molecule has 0 amide bonds. The molecule has 0 fully saturated rings. The highest BCUT2D eigenvalue weighted by molar-refractivity contribution is 5.23. The third-order valence-electron chi connectivity index (χ3n) is 2.85. The highest BCUT2D eigenvalue weighted by Crippen LogP contribution is 2.29. The lowest BCUT2D eigenvalue weighted by molar-refractivity contribution is -0.0116. The number of halogens is 1. The second kappa shape index (κ2) is 5.41. The van der Waals surface area contributed by atoms with Crippen LogP contribution in [-0.4, -0.2) is 19.3 Å². The molecule has 3 heteroatoms. The molecule has 0 aliphatic rings. The van der Waals surface area contributed by atoms with Crippen molar-refractivity contribution in [2.45, 2.75) is 32.4 Å². The van der Waals surface area contributed by atoms with Crippen LogP contribution in [0.4, 0.5) is 4.39 Å². The molecule has 1 aromatic rings. The topological polar surface area (TPSA) is 21.3 Å². The van der Waals surface area contributed by atoms with Crippen LogP contribution in [0.1, 0.15) is 32.4 Å². The number of likely N-dealkylation sites (N-methyl/N-ethyl adjacent to an activating group) is 1. The van der Waals surface area contributed by atoms with Gasteiger partial charge in [-0.15, -0.1) is 0 Å². The second-order valence-electron chi connectivity index (χ2n) is 4.32. The van der Waals surface area contributed by atoms with Crippen molar-refractivity contribution in [1.82, 2.24) is 5.32 Å². The molecule has 16 heavy (non-hydrogen) atoms. The van der Waals surface area contributed by atoms with E-state index < -0.39 is 5.60 Å². The van der Waals surface area contributed by atoms with Gasteiger partial charge in [0.1, 0.15) is 5.82 Å². The predicted octanol–water partition coefficient (Wildman–Crippen LogP) is 2.90. The summed E-state index contributed by atoms with van der Waals surface area (Å²) >= 11 is 0. The molecule has 90 valence electrons. The Morgan fingerprint density at radius 1 is 1.38 bits per heavy atom. The van der Waals surface area contributed by atoms with Gasteiger partial charge in [0.15, 0.2) is 0 Å². The summed E-state index contributed by atoms with van der Waals surface area (Å²) in [5.41, 5.74) is 0.203. The maximum absolute atomic E-state index is 13.7. The lowest BCUT2D eigenvalue weighted by atomic mass is 9.91. The Hall–Kier alpha value is -0.930. The van der Waals surface area contributed by atoms with E-state index in [1.807, 2.05) is 26.8 Å². The third kappa shape index (κ3) is 2.80. The minimum absolute atomic E-state index is 0.149. The summed E-state index contributed by atoms with van der Waals surface area (Å²) in [6.07, 6.45) is 0. The van der Waals surface area contributed by atoms with Crippen LogP contribution in [0.2, 0.25) is 0 Å². The number of methoxy groups -OCH3 is 1. The molecular weight excluding hydrogens is 205 g/mol. The maximum Gasteiger partial charge on any atom is 0.128 e. The van der Waals surface area contributed by atoms with E-state index in [0.29, 0.717) is 5.56 Å². The molecule has 0 aliphatic heterocycles. The number of hydrogen-bond donors (Lipinski definition) is 1. The number of hydrogen-bond acceptors (Lipinski definition) is 2. The fraction of sp³-hybridized carbons (Fsp3) is 0.538. The summed E-state index contributed by atoms with van der Waals surface area (Å²) < 4.78 is 19.2. The lowest BCUT2D eigenvalue weighted by Gasteiger charge is -2.34. The van der Waals surface area contributed by atoms with Crippen molar-refractivity contribution in [1.29, 1.82) is 0 Å². The summed E-state index contributed by atoms with van der Waals surface area (Å²) in [4.78, 5) is 0. The minimum atomic E-state index is -0.446. The highest BCUT2D eigenvalue weighted by Gasteiger charge is 2.31. The molecule has 0 aliphatic carbocycles. The number of ether oxygens (including phenoxy) is 1. The van der Waals surface area contributed by atoms with Crippen molar-refractivity contribution < 1.29 is 9.13 Å². The first-order valence-electron chi connectivity index (χ1n) is 5.56. The monoisotopic (exact) mass is 225 g/mol. The smallest absolute Gasteiger partial charge is 0.128 e. The van der Waals surface area contributed by atoms with Gasteiger partial charge in [0.2, 0.25) is 0 Å². The molecule has 0 radical (unpaired) electrons. The van der Waals surface area contributed by atoms with Gasteiger partial charge in [0.05, 0.1) is 11.6 Å². The standard InChI is InChI=1S/C13H20FNO/c1-5-15-12(13(2,3)16-4)10-8-6-7-9-11(10)14/h6-9,12,15H,5H2,1-4H3. The van der Waals surface area contributed by atoms with Gasteiger partial charge in [-0.2, -0.15) is 0 Å². The molecule has 0 saturated heterocycles. The van der Waals surface area contributed by atoms with Crippen LogP contribution in [0.15, 0.2) is 24.3 Å². The van der Waals surface area contributed by atoms with Gasteiger partial charge in [-0.25, -0.2) is 4.39 Å². The van der Waals surface area contributed by atoms with E-state index in [4.69, 9.17) is 4.74 Å². The average Bonchev–Trinajstić information content (AvgIpc) is 2.27. The Morgan fingerprint density at radius 2 is 2.00 bits per heavy atom. The van der Waals surface area contributed by atoms with Crippen molar-refractivity contribution in [3.05, 3.63) is 35.6 Å². The molecule has 0 saturated carbocycles. The van der Waals surface area contributed by atoms with Gasteiger partial charge < -0.3 is 10.1 Å². The molecule has 1 rings (SSSR count). The Balaban J connectivity index is 3.08. The molecule has 0 bridgehead atoms. The van der Waals surface area contributed by atoms with Crippen molar-refractivity contribution in [3.8, 4) is 0 Å². The molecule has 0 aromatic heterocycles. The van der Waals surface area contributed by atoms with Crippen LogP contribution < -0.4 is 5.32 Å². The van der Waals surface area contributed by atoms with Crippen LogP contribution in [0.3, 0.4) is 0 Å². The molecule has 1 atom stereocenters. The fourth-order valence-corrected chi connectivity index (χ4v) is 1.76. The third-order valence-corrected chi connectivity index (χ3v) is 2.85. The summed E-state index contributed by atoms with van der Waals surface area (Å²) in [6, 6.07) is 6.66. The number of benzene rings is 1. The zero-order valence-electron chi connectivity index (χ0n) is 10.4. The van der Waals surface area contributed by atoms with Gasteiger partial charge in [-0.1, -0.05) is 25.1 Å². The summed E-state index contributed by atoms with van der Waals surface area (Å²) in [7, 11) is 1.64. The van der Waals surface area contributed by atoms with E-state index in [-0.39, 0.29) is 11.9 Å². The van der Waals surface area contributed by atoms with E-state index in [9.17, 15) is 4.39 Å². The average molecular weight is 225 g/mol. The lowest BCUT2D eigenvalue weighted by Crippen LogP contribution is -2.41. The molecule has 1 aromatic carbocycles. The zero-order valence-corrected chi connectivity index (χ0v) is 10.4. The number of nitrogens with one attached hydrogen (secondary N) is 1. The summed E-state index contributed by atoms with van der Waals surface area (Å²) in [6.45, 7) is 6.67. The van der Waals surface area contributed by atoms with Crippen molar-refractivity contribution in [2.75, 3.05) is 13.7 Å². The summed E-state index contributed by atoms with van der Waals surface area (Å²) in [5.74, 6) is -0.196. The number of rotatable bonds is 5. The Morgan fingerprint density at radius 3 is 2.50 bits per heavy atom. The van der Waals surface area contributed by atoms with Crippen molar-refractivity contribution >= 4 is 0 Å². The van der Waals surface area contributed by atoms with Gasteiger partial charge in [-0.05, 0) is 26.5 Å². The first kappa shape index (κ1) is 13.1. The van der Waals surface area contributed by atoms with E-state index in [1.54, 1.807) is 19.2 Å². The van der Waals surface area contributed by atoms with Crippen molar-refractivity contribution in [2.24, 2.45) is 0 Å². The molecule has 1 N–H and O–H groups in total. The fourth-order valence-electron chi connectivity index (χ4n) is 1.76. The molecule has 0 spiro atoms.